The molecule has 0 spiro atoms. The van der Waals surface area contributed by atoms with Crippen LogP contribution in [0.5, 0.6) is 0 Å². The molecule has 1 amide bonds. The fraction of sp³-hybridized carbons (Fsp3) is 0.385. The Morgan fingerprint density at radius 1 is 1.53 bits per heavy atom. The molecule has 0 saturated carbocycles. The zero-order chi connectivity index (χ0) is 12.0. The van der Waals surface area contributed by atoms with Gasteiger partial charge >= 0.3 is 0 Å². The van der Waals surface area contributed by atoms with Crippen molar-refractivity contribution in [3.63, 3.8) is 0 Å². The highest BCUT2D eigenvalue weighted by Crippen LogP contribution is 2.45. The van der Waals surface area contributed by atoms with E-state index in [1.54, 1.807) is 0 Å². The summed E-state index contributed by atoms with van der Waals surface area (Å²) in [5.74, 6) is 0.321. The molecule has 2 aliphatic rings. The van der Waals surface area contributed by atoms with Crippen LogP contribution in [0.4, 0.5) is 11.4 Å². The number of rotatable bonds is 2. The number of nitrogens with one attached hydrogen (secondary N) is 1. The molecule has 0 saturated heterocycles. The summed E-state index contributed by atoms with van der Waals surface area (Å²) in [4.78, 5) is 24.3. The number of amides is 1. The summed E-state index contributed by atoms with van der Waals surface area (Å²) in [6.45, 7) is 3.18. The van der Waals surface area contributed by atoms with Crippen LogP contribution in [-0.2, 0) is 9.59 Å². The van der Waals surface area contributed by atoms with Gasteiger partial charge in [-0.1, -0.05) is 0 Å². The van der Waals surface area contributed by atoms with Gasteiger partial charge in [-0.05, 0) is 24.6 Å². The highest BCUT2D eigenvalue weighted by Gasteiger charge is 2.35. The normalized spacial score (nSPS) is 21.1. The third-order valence-corrected chi connectivity index (χ3v) is 3.49. The van der Waals surface area contributed by atoms with E-state index in [0.717, 1.165) is 29.8 Å². The van der Waals surface area contributed by atoms with Crippen molar-refractivity contribution in [3.8, 4) is 0 Å². The second-order valence-electron chi connectivity index (χ2n) is 4.77. The summed E-state index contributed by atoms with van der Waals surface area (Å²) in [6, 6.07) is 4.10. The second-order valence-corrected chi connectivity index (χ2v) is 4.77. The van der Waals surface area contributed by atoms with Crippen molar-refractivity contribution >= 4 is 23.6 Å². The van der Waals surface area contributed by atoms with Gasteiger partial charge in [0.15, 0.2) is 0 Å². The first-order valence-electron chi connectivity index (χ1n) is 5.82. The van der Waals surface area contributed by atoms with Gasteiger partial charge in [0.05, 0.1) is 6.54 Å². The molecule has 0 radical (unpaired) electrons. The van der Waals surface area contributed by atoms with Gasteiger partial charge in [0.25, 0.3) is 0 Å². The highest BCUT2D eigenvalue weighted by molar-refractivity contribution is 5.97. The van der Waals surface area contributed by atoms with Gasteiger partial charge < -0.3 is 15.0 Å². The van der Waals surface area contributed by atoms with Crippen molar-refractivity contribution in [2.75, 3.05) is 23.3 Å². The fourth-order valence-corrected chi connectivity index (χ4v) is 2.88. The van der Waals surface area contributed by atoms with Crippen LogP contribution < -0.4 is 10.2 Å². The monoisotopic (exact) mass is 230 g/mol. The first kappa shape index (κ1) is 10.3. The summed E-state index contributed by atoms with van der Waals surface area (Å²) in [5, 5.41) is 2.92. The zero-order valence-corrected chi connectivity index (χ0v) is 9.69. The molecular weight excluding hydrogens is 216 g/mol. The van der Waals surface area contributed by atoms with Crippen molar-refractivity contribution in [1.82, 2.24) is 0 Å². The van der Waals surface area contributed by atoms with E-state index in [2.05, 4.69) is 16.3 Å². The predicted molar refractivity (Wildman–Crippen MR) is 65.4 cm³/mol. The Bertz CT molecular complexity index is 510. The van der Waals surface area contributed by atoms with Crippen LogP contribution in [0.1, 0.15) is 23.5 Å². The molecule has 88 valence electrons. The summed E-state index contributed by atoms with van der Waals surface area (Å²) in [5.41, 5.74) is 4.35. The predicted octanol–water partition coefficient (Wildman–Crippen LogP) is 1.44. The van der Waals surface area contributed by atoms with Crippen LogP contribution >= 0.6 is 0 Å². The molecular formula is C13H14N2O2. The quantitative estimate of drug-likeness (QED) is 0.782. The largest absolute Gasteiger partial charge is 0.364 e. The van der Waals surface area contributed by atoms with E-state index in [1.165, 1.54) is 5.56 Å². The summed E-state index contributed by atoms with van der Waals surface area (Å²) >= 11 is 0. The van der Waals surface area contributed by atoms with Gasteiger partial charge in [-0.25, -0.2) is 0 Å². The van der Waals surface area contributed by atoms with Crippen LogP contribution in [0.3, 0.4) is 0 Å². The van der Waals surface area contributed by atoms with Gasteiger partial charge in [0.2, 0.25) is 5.91 Å². The number of benzene rings is 1. The van der Waals surface area contributed by atoms with E-state index in [0.29, 0.717) is 13.0 Å². The minimum absolute atomic E-state index is 0.0759. The maximum atomic E-state index is 11.6. The summed E-state index contributed by atoms with van der Waals surface area (Å²) < 4.78 is 0. The number of hydrogen-bond acceptors (Lipinski definition) is 3. The molecule has 2 aliphatic heterocycles. The van der Waals surface area contributed by atoms with Crippen molar-refractivity contribution in [2.24, 2.45) is 0 Å². The Morgan fingerprint density at radius 2 is 2.35 bits per heavy atom. The molecule has 1 aromatic rings. The number of hydrogen-bond donors (Lipinski definition) is 1. The average Bonchev–Trinajstić information content (AvgIpc) is 2.57. The Hall–Kier alpha value is -1.84. The van der Waals surface area contributed by atoms with E-state index < -0.39 is 0 Å². The molecule has 1 unspecified atom stereocenters. The fourth-order valence-electron chi connectivity index (χ4n) is 2.88. The maximum Gasteiger partial charge on any atom is 0.225 e. The van der Waals surface area contributed by atoms with Gasteiger partial charge in [0.1, 0.15) is 6.29 Å². The van der Waals surface area contributed by atoms with Crippen molar-refractivity contribution in [2.45, 2.75) is 19.3 Å². The van der Waals surface area contributed by atoms with E-state index in [-0.39, 0.29) is 11.8 Å². The van der Waals surface area contributed by atoms with Crippen LogP contribution in [0.15, 0.2) is 12.1 Å². The summed E-state index contributed by atoms with van der Waals surface area (Å²) in [7, 11) is 0. The lowest BCUT2D eigenvalue weighted by molar-refractivity contribution is -0.116. The van der Waals surface area contributed by atoms with Crippen LogP contribution in [0.2, 0.25) is 0 Å². The number of nitrogens with zero attached hydrogens (tertiary/aromatic N) is 1. The molecule has 1 atom stereocenters. The first-order valence-corrected chi connectivity index (χ1v) is 5.82. The second kappa shape index (κ2) is 3.58. The molecule has 4 heteroatoms. The van der Waals surface area contributed by atoms with Crippen LogP contribution in [0, 0.1) is 6.92 Å². The molecule has 4 nitrogen and oxygen atoms in total. The van der Waals surface area contributed by atoms with Gasteiger partial charge in [0, 0.05) is 35.8 Å². The Morgan fingerprint density at radius 3 is 3.12 bits per heavy atom. The molecule has 0 aliphatic carbocycles. The third-order valence-electron chi connectivity index (χ3n) is 3.49. The van der Waals surface area contributed by atoms with Crippen LogP contribution in [-0.4, -0.2) is 25.3 Å². The molecule has 1 N–H and O–H groups in total. The minimum Gasteiger partial charge on any atom is -0.364 e. The molecule has 2 heterocycles. The molecule has 0 bridgehead atoms. The van der Waals surface area contributed by atoms with Crippen molar-refractivity contribution < 1.29 is 9.59 Å². The number of aldehydes is 1. The number of aryl methyl sites for hydroxylation is 1. The molecule has 0 aromatic heterocycles. The van der Waals surface area contributed by atoms with E-state index in [1.807, 2.05) is 13.0 Å². The number of carbonyl (C=O) groups is 2. The average molecular weight is 230 g/mol. The lowest BCUT2D eigenvalue weighted by atomic mass is 9.91. The molecule has 1 aromatic carbocycles. The van der Waals surface area contributed by atoms with Gasteiger partial charge in [-0.2, -0.15) is 0 Å². The summed E-state index contributed by atoms with van der Waals surface area (Å²) in [6.07, 6.45) is 1.44. The Balaban J connectivity index is 2.13. The standard InChI is InChI=1S/C13H14N2O2/c1-8-4-10-13-9(6-12(17)14-10)7-15(2-3-16)11(13)5-8/h3-5,9H,2,6-7H2,1H3,(H,14,17). The number of anilines is 2. The van der Waals surface area contributed by atoms with E-state index >= 15 is 0 Å². The maximum absolute atomic E-state index is 11.6. The highest BCUT2D eigenvalue weighted by atomic mass is 16.1. The molecule has 0 fully saturated rings. The minimum atomic E-state index is 0.0759. The topological polar surface area (TPSA) is 49.4 Å². The Labute approximate surface area is 99.6 Å². The van der Waals surface area contributed by atoms with Gasteiger partial charge in [-0.3, -0.25) is 4.79 Å². The smallest absolute Gasteiger partial charge is 0.225 e. The molecule has 3 rings (SSSR count). The van der Waals surface area contributed by atoms with Crippen molar-refractivity contribution in [3.05, 3.63) is 23.3 Å². The van der Waals surface area contributed by atoms with Crippen molar-refractivity contribution in [1.29, 1.82) is 0 Å². The van der Waals surface area contributed by atoms with Gasteiger partial charge in [-0.15, -0.1) is 0 Å². The lowest BCUT2D eigenvalue weighted by Gasteiger charge is -2.21. The lowest BCUT2D eigenvalue weighted by Crippen LogP contribution is -2.26. The number of carbonyl (C=O) groups excluding carboxylic acids is 2. The first-order chi connectivity index (χ1) is 8.19. The van der Waals surface area contributed by atoms with E-state index in [9.17, 15) is 9.59 Å². The third kappa shape index (κ3) is 1.52. The van der Waals surface area contributed by atoms with E-state index in [4.69, 9.17) is 0 Å². The Kier molecular flexibility index (Phi) is 2.18. The SMILES string of the molecule is Cc1cc2c3c(c1)N(CC=O)CC3CC(=O)N2. The molecule has 17 heavy (non-hydrogen) atoms. The zero-order valence-electron chi connectivity index (χ0n) is 9.69. The van der Waals surface area contributed by atoms with Crippen LogP contribution in [0.25, 0.3) is 0 Å².